The molecule has 1 amide bonds. The first-order valence-electron chi connectivity index (χ1n) is 6.02. The maximum absolute atomic E-state index is 12.0. The lowest BCUT2D eigenvalue weighted by Crippen LogP contribution is -2.24. The minimum Gasteiger partial charge on any atom is -0.351 e. The molecule has 0 aliphatic heterocycles. The molecule has 0 aromatic carbocycles. The van der Waals surface area contributed by atoms with E-state index in [2.05, 4.69) is 17.2 Å². The van der Waals surface area contributed by atoms with Crippen molar-refractivity contribution in [3.8, 4) is 9.88 Å². The third-order valence-corrected chi connectivity index (χ3v) is 4.75. The number of amides is 1. The van der Waals surface area contributed by atoms with Gasteiger partial charge in [0, 0.05) is 6.54 Å². The van der Waals surface area contributed by atoms with E-state index in [0.29, 0.717) is 0 Å². The molecule has 0 saturated heterocycles. The van der Waals surface area contributed by atoms with Crippen LogP contribution in [-0.4, -0.2) is 17.4 Å². The molecule has 0 bridgehead atoms. The maximum Gasteiger partial charge on any atom is 0.263 e. The summed E-state index contributed by atoms with van der Waals surface area (Å²) in [4.78, 5) is 18.3. The third kappa shape index (κ3) is 2.97. The Bertz CT molecular complexity index is 517. The van der Waals surface area contributed by atoms with Gasteiger partial charge in [-0.25, -0.2) is 4.98 Å². The summed E-state index contributed by atoms with van der Waals surface area (Å²) >= 11 is 3.12. The van der Waals surface area contributed by atoms with Crippen molar-refractivity contribution in [2.45, 2.75) is 26.7 Å². The first kappa shape index (κ1) is 13.2. The SMILES string of the molecule is CCCCNC(=O)c1sc(-c2cccs2)nc1C. The maximum atomic E-state index is 12.0. The zero-order valence-electron chi connectivity index (χ0n) is 10.5. The van der Waals surface area contributed by atoms with Crippen LogP contribution in [0.1, 0.15) is 35.1 Å². The van der Waals surface area contributed by atoms with Crippen LogP contribution in [0.3, 0.4) is 0 Å². The van der Waals surface area contributed by atoms with Crippen LogP contribution >= 0.6 is 22.7 Å². The fourth-order valence-electron chi connectivity index (χ4n) is 1.57. The van der Waals surface area contributed by atoms with Gasteiger partial charge in [-0.2, -0.15) is 0 Å². The molecule has 0 unspecified atom stereocenters. The van der Waals surface area contributed by atoms with E-state index in [1.165, 1.54) is 11.3 Å². The van der Waals surface area contributed by atoms with Gasteiger partial charge in [-0.3, -0.25) is 4.79 Å². The molecule has 1 N–H and O–H groups in total. The smallest absolute Gasteiger partial charge is 0.263 e. The lowest BCUT2D eigenvalue weighted by molar-refractivity contribution is 0.0956. The van der Waals surface area contributed by atoms with Crippen LogP contribution in [0.25, 0.3) is 9.88 Å². The van der Waals surface area contributed by atoms with Crippen molar-refractivity contribution in [2.24, 2.45) is 0 Å². The van der Waals surface area contributed by atoms with Gasteiger partial charge in [0.1, 0.15) is 9.88 Å². The molecular formula is C13H16N2OS2. The molecule has 0 aliphatic rings. The second-order valence-corrected chi connectivity index (χ2v) is 5.97. The van der Waals surface area contributed by atoms with Crippen LogP contribution < -0.4 is 5.32 Å². The number of thiophene rings is 1. The molecular weight excluding hydrogens is 264 g/mol. The molecule has 0 fully saturated rings. The lowest BCUT2D eigenvalue weighted by atomic mass is 10.3. The average molecular weight is 280 g/mol. The Morgan fingerprint density at radius 3 is 3.00 bits per heavy atom. The summed E-state index contributed by atoms with van der Waals surface area (Å²) < 4.78 is 0. The van der Waals surface area contributed by atoms with Crippen LogP contribution in [0.4, 0.5) is 0 Å². The van der Waals surface area contributed by atoms with Crippen molar-refractivity contribution in [1.82, 2.24) is 10.3 Å². The highest BCUT2D eigenvalue weighted by atomic mass is 32.1. The average Bonchev–Trinajstić information content (AvgIpc) is 2.97. The zero-order chi connectivity index (χ0) is 13.0. The van der Waals surface area contributed by atoms with E-state index >= 15 is 0 Å². The molecule has 96 valence electrons. The Hall–Kier alpha value is -1.20. The fourth-order valence-corrected chi connectivity index (χ4v) is 3.35. The van der Waals surface area contributed by atoms with Crippen molar-refractivity contribution in [3.63, 3.8) is 0 Å². The Morgan fingerprint density at radius 2 is 2.33 bits per heavy atom. The van der Waals surface area contributed by atoms with Gasteiger partial charge >= 0.3 is 0 Å². The van der Waals surface area contributed by atoms with Crippen LogP contribution in [0.2, 0.25) is 0 Å². The van der Waals surface area contributed by atoms with Gasteiger partial charge < -0.3 is 5.32 Å². The second kappa shape index (κ2) is 6.11. The van der Waals surface area contributed by atoms with Crippen LogP contribution in [-0.2, 0) is 0 Å². The van der Waals surface area contributed by atoms with E-state index in [9.17, 15) is 4.79 Å². The summed E-state index contributed by atoms with van der Waals surface area (Å²) in [5.41, 5.74) is 0.817. The molecule has 2 heterocycles. The predicted molar refractivity (Wildman–Crippen MR) is 77.4 cm³/mol. The quantitative estimate of drug-likeness (QED) is 0.848. The summed E-state index contributed by atoms with van der Waals surface area (Å²) in [7, 11) is 0. The Balaban J connectivity index is 2.12. The molecule has 0 atom stereocenters. The van der Waals surface area contributed by atoms with E-state index in [0.717, 1.165) is 39.8 Å². The van der Waals surface area contributed by atoms with Crippen molar-refractivity contribution in [1.29, 1.82) is 0 Å². The second-order valence-electron chi connectivity index (χ2n) is 4.02. The molecule has 0 saturated carbocycles. The highest BCUT2D eigenvalue weighted by Crippen LogP contribution is 2.30. The number of hydrogen-bond donors (Lipinski definition) is 1. The van der Waals surface area contributed by atoms with Crippen LogP contribution in [0.5, 0.6) is 0 Å². The third-order valence-electron chi connectivity index (χ3n) is 2.55. The summed E-state index contributed by atoms with van der Waals surface area (Å²) in [5.74, 6) is 0.00116. The fraction of sp³-hybridized carbons (Fsp3) is 0.385. The molecule has 3 nitrogen and oxygen atoms in total. The largest absolute Gasteiger partial charge is 0.351 e. The molecule has 2 rings (SSSR count). The summed E-state index contributed by atoms with van der Waals surface area (Å²) in [5, 5.41) is 5.89. The molecule has 18 heavy (non-hydrogen) atoms. The number of unbranched alkanes of at least 4 members (excludes halogenated alkanes) is 1. The number of carbonyl (C=O) groups excluding carboxylic acids is 1. The van der Waals surface area contributed by atoms with Gasteiger partial charge in [0.05, 0.1) is 10.6 Å². The predicted octanol–water partition coefficient (Wildman–Crippen LogP) is 3.71. The standard InChI is InChI=1S/C13H16N2OS2/c1-3-4-7-14-12(16)11-9(2)15-13(18-11)10-6-5-8-17-10/h5-6,8H,3-4,7H2,1-2H3,(H,14,16). The number of hydrogen-bond acceptors (Lipinski definition) is 4. The van der Waals surface area contributed by atoms with Crippen molar-refractivity contribution >= 4 is 28.6 Å². The number of carbonyl (C=O) groups is 1. The summed E-state index contributed by atoms with van der Waals surface area (Å²) in [6, 6.07) is 4.03. The summed E-state index contributed by atoms with van der Waals surface area (Å²) in [6.07, 6.45) is 2.10. The Morgan fingerprint density at radius 1 is 1.50 bits per heavy atom. The Labute approximate surface area is 115 Å². The molecule has 0 aliphatic carbocycles. The van der Waals surface area contributed by atoms with Crippen molar-refractivity contribution in [3.05, 3.63) is 28.1 Å². The number of nitrogens with zero attached hydrogens (tertiary/aromatic N) is 1. The molecule has 0 spiro atoms. The highest BCUT2D eigenvalue weighted by molar-refractivity contribution is 7.22. The van der Waals surface area contributed by atoms with E-state index in [1.54, 1.807) is 11.3 Å². The number of thiazole rings is 1. The normalized spacial score (nSPS) is 10.6. The minimum atomic E-state index is 0.00116. The number of aromatic nitrogens is 1. The van der Waals surface area contributed by atoms with E-state index in [-0.39, 0.29) is 5.91 Å². The Kier molecular flexibility index (Phi) is 4.49. The van der Waals surface area contributed by atoms with Crippen molar-refractivity contribution < 1.29 is 4.79 Å². The zero-order valence-corrected chi connectivity index (χ0v) is 12.2. The lowest BCUT2D eigenvalue weighted by Gasteiger charge is -2.01. The monoisotopic (exact) mass is 280 g/mol. The highest BCUT2D eigenvalue weighted by Gasteiger charge is 2.15. The van der Waals surface area contributed by atoms with Crippen LogP contribution in [0, 0.1) is 6.92 Å². The van der Waals surface area contributed by atoms with Gasteiger partial charge in [0.25, 0.3) is 5.91 Å². The van der Waals surface area contributed by atoms with Gasteiger partial charge in [-0.1, -0.05) is 19.4 Å². The van der Waals surface area contributed by atoms with E-state index in [4.69, 9.17) is 0 Å². The van der Waals surface area contributed by atoms with Crippen molar-refractivity contribution in [2.75, 3.05) is 6.54 Å². The number of nitrogens with one attached hydrogen (secondary N) is 1. The molecule has 2 aromatic rings. The first-order chi connectivity index (χ1) is 8.72. The van der Waals surface area contributed by atoms with Gasteiger partial charge in [0.15, 0.2) is 0 Å². The van der Waals surface area contributed by atoms with Gasteiger partial charge in [-0.05, 0) is 24.8 Å². The van der Waals surface area contributed by atoms with E-state index in [1.807, 2.05) is 24.4 Å². The molecule has 5 heteroatoms. The molecule has 2 aromatic heterocycles. The topological polar surface area (TPSA) is 42.0 Å². The van der Waals surface area contributed by atoms with E-state index < -0.39 is 0 Å². The number of aryl methyl sites for hydroxylation is 1. The van der Waals surface area contributed by atoms with Crippen LogP contribution in [0.15, 0.2) is 17.5 Å². The minimum absolute atomic E-state index is 0.00116. The van der Waals surface area contributed by atoms with Gasteiger partial charge in [0.2, 0.25) is 0 Å². The molecule has 0 radical (unpaired) electrons. The summed E-state index contributed by atoms with van der Waals surface area (Å²) in [6.45, 7) is 4.74. The number of rotatable bonds is 5. The van der Waals surface area contributed by atoms with Gasteiger partial charge in [-0.15, -0.1) is 22.7 Å². The first-order valence-corrected chi connectivity index (χ1v) is 7.71.